The van der Waals surface area contributed by atoms with Crippen LogP contribution in [0.3, 0.4) is 0 Å². The Labute approximate surface area is 155 Å². The summed E-state index contributed by atoms with van der Waals surface area (Å²) in [5.41, 5.74) is 2.04. The summed E-state index contributed by atoms with van der Waals surface area (Å²) in [6.45, 7) is 6.51. The van der Waals surface area contributed by atoms with Gasteiger partial charge in [-0.2, -0.15) is 0 Å². The Bertz CT molecular complexity index is 745. The van der Waals surface area contributed by atoms with Gasteiger partial charge in [0.15, 0.2) is 0 Å². The zero-order valence-corrected chi connectivity index (χ0v) is 15.6. The molecule has 0 aromatic heterocycles. The van der Waals surface area contributed by atoms with Gasteiger partial charge >= 0.3 is 0 Å². The van der Waals surface area contributed by atoms with Crippen molar-refractivity contribution in [3.8, 4) is 11.8 Å². The Morgan fingerprint density at radius 3 is 2.58 bits per heavy atom. The van der Waals surface area contributed by atoms with Crippen molar-refractivity contribution < 1.29 is 14.7 Å². The molecule has 0 saturated carbocycles. The lowest BCUT2D eigenvalue weighted by molar-refractivity contribution is -0.166. The number of hydrogen-bond donors (Lipinski definition) is 1. The first-order valence-corrected chi connectivity index (χ1v) is 9.27. The van der Waals surface area contributed by atoms with Crippen molar-refractivity contribution in [1.29, 1.82) is 0 Å². The molecule has 1 N–H and O–H groups in total. The molecule has 0 bridgehead atoms. The molecule has 5 heteroatoms. The van der Waals surface area contributed by atoms with Gasteiger partial charge in [-0.3, -0.25) is 9.59 Å². The Kier molecular flexibility index (Phi) is 5.33. The van der Waals surface area contributed by atoms with E-state index in [1.165, 1.54) is 0 Å². The molecule has 2 saturated heterocycles. The van der Waals surface area contributed by atoms with Gasteiger partial charge in [0.1, 0.15) is 0 Å². The van der Waals surface area contributed by atoms with E-state index < -0.39 is 0 Å². The second-order valence-corrected chi connectivity index (χ2v) is 7.32. The van der Waals surface area contributed by atoms with E-state index >= 15 is 0 Å². The molecule has 0 aliphatic carbocycles. The van der Waals surface area contributed by atoms with Crippen LogP contribution < -0.4 is 0 Å². The van der Waals surface area contributed by atoms with Gasteiger partial charge in [-0.05, 0) is 17.7 Å². The van der Waals surface area contributed by atoms with Crippen molar-refractivity contribution in [3.05, 3.63) is 35.4 Å². The van der Waals surface area contributed by atoms with Crippen molar-refractivity contribution in [2.75, 3.05) is 19.7 Å². The fourth-order valence-electron chi connectivity index (χ4n) is 3.93. The number of amides is 2. The van der Waals surface area contributed by atoms with Crippen LogP contribution in [0.2, 0.25) is 0 Å². The third-order valence-corrected chi connectivity index (χ3v) is 5.21. The zero-order valence-electron chi connectivity index (χ0n) is 15.6. The largest absolute Gasteiger partial charge is 0.394 e. The number of aliphatic hydroxyl groups excluding tert-OH is 1. The number of nitrogens with zero attached hydrogens (tertiary/aromatic N) is 2. The summed E-state index contributed by atoms with van der Waals surface area (Å²) in [5, 5.41) is 9.80. The van der Waals surface area contributed by atoms with Crippen LogP contribution in [0.5, 0.6) is 0 Å². The van der Waals surface area contributed by atoms with Crippen LogP contribution in [0, 0.1) is 17.8 Å². The highest BCUT2D eigenvalue weighted by atomic mass is 16.3. The van der Waals surface area contributed by atoms with Crippen molar-refractivity contribution in [3.63, 3.8) is 0 Å². The van der Waals surface area contributed by atoms with E-state index in [9.17, 15) is 14.7 Å². The van der Waals surface area contributed by atoms with E-state index in [2.05, 4.69) is 25.7 Å². The average molecular weight is 354 g/mol. The molecule has 138 valence electrons. The van der Waals surface area contributed by atoms with E-state index in [1.807, 2.05) is 31.2 Å². The lowest BCUT2D eigenvalue weighted by Gasteiger charge is -2.58. The Morgan fingerprint density at radius 2 is 2.00 bits per heavy atom. The van der Waals surface area contributed by atoms with E-state index in [1.54, 1.807) is 9.80 Å². The molecule has 1 aromatic carbocycles. The normalized spacial score (nSPS) is 24.7. The Balaban J connectivity index is 1.81. The van der Waals surface area contributed by atoms with Gasteiger partial charge in [-0.1, -0.05) is 44.7 Å². The van der Waals surface area contributed by atoms with Gasteiger partial charge in [0, 0.05) is 30.4 Å². The molecular formula is C21H26N2O3. The summed E-state index contributed by atoms with van der Waals surface area (Å²) in [4.78, 5) is 27.9. The number of aliphatic hydroxyl groups is 1. The maximum absolute atomic E-state index is 12.4. The van der Waals surface area contributed by atoms with Crippen molar-refractivity contribution in [2.24, 2.45) is 5.92 Å². The topological polar surface area (TPSA) is 60.9 Å². The quantitative estimate of drug-likeness (QED) is 0.839. The number of carbonyl (C=O) groups excluding carboxylic acids is 2. The lowest BCUT2D eigenvalue weighted by Crippen LogP contribution is -2.73. The molecule has 2 amide bonds. The highest BCUT2D eigenvalue weighted by molar-refractivity contribution is 5.87. The van der Waals surface area contributed by atoms with Gasteiger partial charge in [-0.25, -0.2) is 0 Å². The van der Waals surface area contributed by atoms with Gasteiger partial charge in [-0.15, -0.1) is 0 Å². The number of fused-ring (bicyclic) bond motifs is 1. The minimum Gasteiger partial charge on any atom is -0.394 e. The molecule has 1 aromatic rings. The van der Waals surface area contributed by atoms with Crippen LogP contribution in [0.25, 0.3) is 0 Å². The smallest absolute Gasteiger partial charge is 0.242 e. The zero-order chi connectivity index (χ0) is 18.8. The van der Waals surface area contributed by atoms with E-state index in [0.717, 1.165) is 11.1 Å². The summed E-state index contributed by atoms with van der Waals surface area (Å²) in [6.07, 6.45) is 0.400. The monoisotopic (exact) mass is 354 g/mol. The molecule has 3 rings (SSSR count). The van der Waals surface area contributed by atoms with Crippen LogP contribution >= 0.6 is 0 Å². The molecule has 26 heavy (non-hydrogen) atoms. The van der Waals surface area contributed by atoms with E-state index in [-0.39, 0.29) is 43.0 Å². The summed E-state index contributed by atoms with van der Waals surface area (Å²) in [6, 6.07) is 7.76. The van der Waals surface area contributed by atoms with Crippen molar-refractivity contribution >= 4 is 11.8 Å². The summed E-state index contributed by atoms with van der Waals surface area (Å²) in [7, 11) is 0. The Hall–Kier alpha value is -2.32. The summed E-state index contributed by atoms with van der Waals surface area (Å²) < 4.78 is 0. The number of piperazine rings is 1. The summed E-state index contributed by atoms with van der Waals surface area (Å²) in [5.74, 6) is 6.59. The average Bonchev–Trinajstić information content (AvgIpc) is 2.61. The number of carbonyl (C=O) groups is 2. The fraction of sp³-hybridized carbons (Fsp3) is 0.524. The van der Waals surface area contributed by atoms with Crippen molar-refractivity contribution in [2.45, 2.75) is 45.2 Å². The predicted octanol–water partition coefficient (Wildman–Crippen LogP) is 1.60. The third kappa shape index (κ3) is 3.34. The van der Waals surface area contributed by atoms with Crippen LogP contribution in [-0.2, 0) is 9.59 Å². The van der Waals surface area contributed by atoms with Crippen LogP contribution in [0.4, 0.5) is 0 Å². The maximum Gasteiger partial charge on any atom is 0.242 e. The highest BCUT2D eigenvalue weighted by Crippen LogP contribution is 2.42. The van der Waals surface area contributed by atoms with E-state index in [0.29, 0.717) is 18.9 Å². The second kappa shape index (κ2) is 7.51. The van der Waals surface area contributed by atoms with Gasteiger partial charge in [0.05, 0.1) is 25.2 Å². The van der Waals surface area contributed by atoms with Crippen molar-refractivity contribution in [1.82, 2.24) is 9.80 Å². The standard InChI is InChI=1S/C21H26N2O3/c1-4-19(25)22-11-17-21(18(13-24)23(17)20(26)12-22)16-9-7-15(8-10-16)6-5-14(2)3/h7-10,14,17-18,21,24H,4,11-13H2,1-3H3/t17-,18-,21-/m1/s1. The molecule has 5 nitrogen and oxygen atoms in total. The van der Waals surface area contributed by atoms with Crippen LogP contribution in [0.1, 0.15) is 44.2 Å². The first-order valence-electron chi connectivity index (χ1n) is 9.27. The minimum atomic E-state index is -0.209. The summed E-state index contributed by atoms with van der Waals surface area (Å²) >= 11 is 0. The molecule has 3 atom stereocenters. The minimum absolute atomic E-state index is 0.00325. The predicted molar refractivity (Wildman–Crippen MR) is 99.3 cm³/mol. The highest BCUT2D eigenvalue weighted by Gasteiger charge is 2.54. The number of hydrogen-bond acceptors (Lipinski definition) is 3. The molecule has 2 heterocycles. The molecule has 2 aliphatic rings. The first-order chi connectivity index (χ1) is 12.5. The SMILES string of the molecule is CCC(=O)N1CC(=O)N2[C@H](CO)[C@H](c3ccc(C#CC(C)C)cc3)[C@H]2C1. The molecular weight excluding hydrogens is 328 g/mol. The first kappa shape index (κ1) is 18.5. The fourth-order valence-corrected chi connectivity index (χ4v) is 3.93. The molecule has 2 aliphatic heterocycles. The van der Waals surface area contributed by atoms with Gasteiger partial charge < -0.3 is 14.9 Å². The lowest BCUT2D eigenvalue weighted by atomic mass is 9.73. The molecule has 0 spiro atoms. The molecule has 0 radical (unpaired) electrons. The number of rotatable bonds is 3. The Morgan fingerprint density at radius 1 is 1.31 bits per heavy atom. The maximum atomic E-state index is 12.4. The van der Waals surface area contributed by atoms with Crippen LogP contribution in [-0.4, -0.2) is 58.5 Å². The molecule has 0 unspecified atom stereocenters. The van der Waals surface area contributed by atoms with Gasteiger partial charge in [0.25, 0.3) is 0 Å². The second-order valence-electron chi connectivity index (χ2n) is 7.32. The molecule has 2 fully saturated rings. The number of benzene rings is 1. The van der Waals surface area contributed by atoms with Gasteiger partial charge in [0.2, 0.25) is 11.8 Å². The third-order valence-electron chi connectivity index (χ3n) is 5.21. The van der Waals surface area contributed by atoms with Crippen LogP contribution in [0.15, 0.2) is 24.3 Å². The van der Waals surface area contributed by atoms with E-state index in [4.69, 9.17) is 0 Å².